The number of hydrogen-bond donors (Lipinski definition) is 0. The zero-order chi connectivity index (χ0) is 20.2. The lowest BCUT2D eigenvalue weighted by Crippen LogP contribution is -2.45. The summed E-state index contributed by atoms with van der Waals surface area (Å²) in [6.45, 7) is 4.97. The molecule has 1 aromatic carbocycles. The van der Waals surface area contributed by atoms with Crippen LogP contribution in [0, 0.1) is 37.5 Å². The van der Waals surface area contributed by atoms with Crippen molar-refractivity contribution >= 4 is 23.6 Å². The highest BCUT2D eigenvalue weighted by atomic mass is 16.5. The molecule has 2 aliphatic carbocycles. The maximum Gasteiger partial charge on any atom is 0.329 e. The zero-order valence-corrected chi connectivity index (χ0v) is 16.4. The third kappa shape index (κ3) is 2.86. The third-order valence-corrected chi connectivity index (χ3v) is 6.86. The van der Waals surface area contributed by atoms with Crippen LogP contribution >= 0.6 is 0 Å². The molecule has 2 bridgehead atoms. The molecular weight excluding hydrogens is 358 g/mol. The lowest BCUT2D eigenvalue weighted by molar-refractivity contribution is -0.157. The molecule has 2 saturated carbocycles. The molecule has 0 N–H and O–H groups in total. The van der Waals surface area contributed by atoms with Gasteiger partial charge in [0.2, 0.25) is 11.8 Å². The number of ether oxygens (including phenoxy) is 1. The molecule has 6 heteroatoms. The number of fused-ring (bicyclic) bond motifs is 5. The Morgan fingerprint density at radius 2 is 1.68 bits per heavy atom. The first-order valence-corrected chi connectivity index (χ1v) is 9.93. The fraction of sp³-hybridized carbons (Fsp3) is 0.545. The minimum atomic E-state index is -1.00. The van der Waals surface area contributed by atoms with Crippen LogP contribution in [-0.2, 0) is 19.1 Å². The van der Waals surface area contributed by atoms with E-state index in [9.17, 15) is 19.2 Å². The summed E-state index contributed by atoms with van der Waals surface area (Å²) in [6, 6.07) is 4.31. The van der Waals surface area contributed by atoms with E-state index in [0.29, 0.717) is 5.56 Å². The van der Waals surface area contributed by atoms with Crippen LogP contribution in [0.25, 0.3) is 0 Å². The van der Waals surface area contributed by atoms with Gasteiger partial charge in [0.1, 0.15) is 6.04 Å². The summed E-state index contributed by atoms with van der Waals surface area (Å²) < 4.78 is 5.16. The van der Waals surface area contributed by atoms with E-state index in [2.05, 4.69) is 0 Å². The summed E-state index contributed by atoms with van der Waals surface area (Å²) >= 11 is 0. The average Bonchev–Trinajstić information content (AvgIpc) is 3.35. The average molecular weight is 383 g/mol. The Balaban J connectivity index is 1.40. The van der Waals surface area contributed by atoms with E-state index in [1.54, 1.807) is 12.1 Å². The van der Waals surface area contributed by atoms with E-state index in [4.69, 9.17) is 4.74 Å². The monoisotopic (exact) mass is 383 g/mol. The van der Waals surface area contributed by atoms with Crippen molar-refractivity contribution in [2.45, 2.75) is 46.1 Å². The van der Waals surface area contributed by atoms with Gasteiger partial charge in [0.05, 0.1) is 11.8 Å². The Hall–Kier alpha value is -2.50. The first kappa shape index (κ1) is 18.8. The minimum absolute atomic E-state index is 0.243. The highest BCUT2D eigenvalue weighted by Gasteiger charge is 2.62. The van der Waals surface area contributed by atoms with Crippen LogP contribution in [-0.4, -0.2) is 41.1 Å². The number of aryl methyl sites for hydroxylation is 2. The van der Waals surface area contributed by atoms with Crippen molar-refractivity contribution in [3.63, 3.8) is 0 Å². The van der Waals surface area contributed by atoms with Gasteiger partial charge in [0, 0.05) is 5.56 Å². The maximum absolute atomic E-state index is 12.8. The molecule has 1 aromatic rings. The lowest BCUT2D eigenvalue weighted by Gasteiger charge is -2.23. The highest BCUT2D eigenvalue weighted by Crippen LogP contribution is 2.56. The number of imide groups is 1. The molecule has 2 amide bonds. The molecule has 1 aliphatic heterocycles. The number of hydrogen-bond acceptors (Lipinski definition) is 5. The Bertz CT molecular complexity index is 848. The van der Waals surface area contributed by atoms with Gasteiger partial charge in [-0.3, -0.25) is 19.3 Å². The fourth-order valence-electron chi connectivity index (χ4n) is 5.17. The van der Waals surface area contributed by atoms with E-state index in [-0.39, 0.29) is 41.3 Å². The number of ketones is 1. The Kier molecular flexibility index (Phi) is 4.60. The van der Waals surface area contributed by atoms with Crippen molar-refractivity contribution in [3.05, 3.63) is 34.9 Å². The summed E-state index contributed by atoms with van der Waals surface area (Å²) in [6.07, 6.45) is 2.92. The first-order valence-electron chi connectivity index (χ1n) is 9.93. The van der Waals surface area contributed by atoms with Crippen molar-refractivity contribution in [3.8, 4) is 0 Å². The quantitative estimate of drug-likeness (QED) is 0.443. The molecule has 3 aliphatic rings. The van der Waals surface area contributed by atoms with Gasteiger partial charge in [-0.15, -0.1) is 0 Å². The number of amides is 2. The number of carbonyl (C=O) groups excluding carboxylic acids is 4. The molecule has 4 rings (SSSR count). The predicted octanol–water partition coefficient (Wildman–Crippen LogP) is 2.45. The topological polar surface area (TPSA) is 80.8 Å². The van der Waals surface area contributed by atoms with E-state index in [0.717, 1.165) is 35.3 Å². The number of rotatable bonds is 5. The molecule has 148 valence electrons. The van der Waals surface area contributed by atoms with Gasteiger partial charge in [-0.2, -0.15) is 0 Å². The second kappa shape index (κ2) is 6.83. The molecule has 0 spiro atoms. The highest BCUT2D eigenvalue weighted by molar-refractivity contribution is 6.08. The zero-order valence-electron chi connectivity index (χ0n) is 16.4. The summed E-state index contributed by atoms with van der Waals surface area (Å²) in [7, 11) is 0. The van der Waals surface area contributed by atoms with Crippen molar-refractivity contribution in [1.29, 1.82) is 0 Å². The Labute approximate surface area is 164 Å². The lowest BCUT2D eigenvalue weighted by atomic mass is 9.81. The minimum Gasteiger partial charge on any atom is -0.456 e. The molecular formula is C22H25NO5. The SMILES string of the molecule is Cc1ccc(C(=O)COC(=O)[C@@H](C)N2C(=O)[C@@H]3[C@H]4CC[C@@H](C4)[C@@H]3C2=O)cc1C. The second-order valence-electron chi connectivity index (χ2n) is 8.44. The van der Waals surface area contributed by atoms with Gasteiger partial charge in [-0.1, -0.05) is 12.1 Å². The van der Waals surface area contributed by atoms with Crippen LogP contribution in [0.3, 0.4) is 0 Å². The molecule has 28 heavy (non-hydrogen) atoms. The molecule has 5 atom stereocenters. The van der Waals surface area contributed by atoms with E-state index < -0.39 is 18.6 Å². The van der Waals surface area contributed by atoms with E-state index in [1.165, 1.54) is 6.92 Å². The molecule has 6 nitrogen and oxygen atoms in total. The summed E-state index contributed by atoms with van der Waals surface area (Å²) in [5, 5.41) is 0. The number of Topliss-reactive ketones (excluding diaryl/α,β-unsaturated/α-hetero) is 1. The van der Waals surface area contributed by atoms with Gasteiger partial charge in [0.25, 0.3) is 0 Å². The first-order chi connectivity index (χ1) is 13.3. The van der Waals surface area contributed by atoms with Crippen LogP contribution in [0.5, 0.6) is 0 Å². The van der Waals surface area contributed by atoms with Gasteiger partial charge in [-0.25, -0.2) is 4.79 Å². The molecule has 1 saturated heterocycles. The van der Waals surface area contributed by atoms with Gasteiger partial charge in [-0.05, 0) is 69.1 Å². The number of nitrogens with zero attached hydrogens (tertiary/aromatic N) is 1. The van der Waals surface area contributed by atoms with Crippen LogP contribution < -0.4 is 0 Å². The molecule has 1 heterocycles. The molecule has 0 radical (unpaired) electrons. The molecule has 0 aromatic heterocycles. The van der Waals surface area contributed by atoms with Crippen LogP contribution in [0.15, 0.2) is 18.2 Å². The van der Waals surface area contributed by atoms with Crippen molar-refractivity contribution in [2.24, 2.45) is 23.7 Å². The van der Waals surface area contributed by atoms with Crippen LogP contribution in [0.1, 0.15) is 47.7 Å². The number of benzene rings is 1. The Morgan fingerprint density at radius 1 is 1.07 bits per heavy atom. The fourth-order valence-corrected chi connectivity index (χ4v) is 5.17. The summed E-state index contributed by atoms with van der Waals surface area (Å²) in [4.78, 5) is 51.4. The van der Waals surface area contributed by atoms with Gasteiger partial charge >= 0.3 is 5.97 Å². The second-order valence-corrected chi connectivity index (χ2v) is 8.44. The smallest absolute Gasteiger partial charge is 0.329 e. The third-order valence-electron chi connectivity index (χ3n) is 6.86. The van der Waals surface area contributed by atoms with E-state index >= 15 is 0 Å². The number of likely N-dealkylation sites (tertiary alicyclic amines) is 1. The largest absolute Gasteiger partial charge is 0.456 e. The number of carbonyl (C=O) groups is 4. The van der Waals surface area contributed by atoms with Crippen molar-refractivity contribution in [1.82, 2.24) is 4.90 Å². The predicted molar refractivity (Wildman–Crippen MR) is 100 cm³/mol. The summed E-state index contributed by atoms with van der Waals surface area (Å²) in [5.41, 5.74) is 2.54. The molecule has 3 fully saturated rings. The summed E-state index contributed by atoms with van der Waals surface area (Å²) in [5.74, 6) is -1.50. The van der Waals surface area contributed by atoms with E-state index in [1.807, 2.05) is 19.9 Å². The van der Waals surface area contributed by atoms with Gasteiger partial charge in [0.15, 0.2) is 12.4 Å². The maximum atomic E-state index is 12.8. The normalized spacial score (nSPS) is 29.2. The van der Waals surface area contributed by atoms with Crippen molar-refractivity contribution in [2.75, 3.05) is 6.61 Å². The van der Waals surface area contributed by atoms with Crippen molar-refractivity contribution < 1.29 is 23.9 Å². The molecule has 0 unspecified atom stereocenters. The van der Waals surface area contributed by atoms with Crippen LogP contribution in [0.4, 0.5) is 0 Å². The Morgan fingerprint density at radius 3 is 2.25 bits per heavy atom. The van der Waals surface area contributed by atoms with Crippen LogP contribution in [0.2, 0.25) is 0 Å². The standard InChI is InChI=1S/C22H25NO5/c1-11-4-5-14(8-12(11)2)17(24)10-28-22(27)13(3)23-20(25)18-15-6-7-16(9-15)19(18)21(23)26/h4-5,8,13,15-16,18-19H,6-7,9-10H2,1-3H3/t13-,15+,16+,18-,19+/m1/s1. The van der Waals surface area contributed by atoms with Gasteiger partial charge < -0.3 is 4.74 Å². The number of esters is 1.